The zero-order valence-corrected chi connectivity index (χ0v) is 26.5. The summed E-state index contributed by atoms with van der Waals surface area (Å²) in [5, 5.41) is 9.96. The second-order valence-electron chi connectivity index (χ2n) is 11.5. The number of likely N-dealkylation sites (N-methyl/N-ethyl adjacent to an activating group) is 1. The fourth-order valence-corrected chi connectivity index (χ4v) is 5.13. The number of aryl methyl sites for hydroxylation is 2. The van der Waals surface area contributed by atoms with Gasteiger partial charge in [0, 0.05) is 68.5 Å². The van der Waals surface area contributed by atoms with E-state index in [4.69, 9.17) is 0 Å². The van der Waals surface area contributed by atoms with E-state index in [0.29, 0.717) is 48.8 Å². The maximum atomic E-state index is 14.0. The Labute approximate surface area is 271 Å². The van der Waals surface area contributed by atoms with Crippen molar-refractivity contribution in [2.45, 2.75) is 39.5 Å². The van der Waals surface area contributed by atoms with Crippen LogP contribution in [0.15, 0.2) is 55.0 Å². The van der Waals surface area contributed by atoms with Gasteiger partial charge in [-0.05, 0) is 62.7 Å². The van der Waals surface area contributed by atoms with Crippen molar-refractivity contribution < 1.29 is 22.4 Å². The van der Waals surface area contributed by atoms with Crippen molar-refractivity contribution in [1.82, 2.24) is 29.5 Å². The van der Waals surface area contributed by atoms with Crippen LogP contribution in [0.5, 0.6) is 0 Å². The number of benzene rings is 2. The van der Waals surface area contributed by atoms with Crippen molar-refractivity contribution in [3.8, 4) is 11.8 Å². The van der Waals surface area contributed by atoms with Gasteiger partial charge in [0.05, 0.1) is 35.4 Å². The van der Waals surface area contributed by atoms with Crippen molar-refractivity contribution in [2.24, 2.45) is 0 Å². The van der Waals surface area contributed by atoms with Gasteiger partial charge in [-0.1, -0.05) is 24.0 Å². The Morgan fingerprint density at radius 2 is 1.72 bits per heavy atom. The maximum Gasteiger partial charge on any atom is 0.416 e. The van der Waals surface area contributed by atoms with Gasteiger partial charge < -0.3 is 15.5 Å². The number of hydrogen-bond donors (Lipinski definition) is 2. The van der Waals surface area contributed by atoms with Gasteiger partial charge in [-0.2, -0.15) is 18.3 Å². The summed E-state index contributed by atoms with van der Waals surface area (Å²) in [4.78, 5) is 25.9. The lowest BCUT2D eigenvalue weighted by atomic mass is 10.0. The van der Waals surface area contributed by atoms with E-state index in [1.165, 1.54) is 12.1 Å². The predicted molar refractivity (Wildman–Crippen MR) is 172 cm³/mol. The second-order valence-corrected chi connectivity index (χ2v) is 11.5. The Kier molecular flexibility index (Phi) is 10.5. The Balaban J connectivity index is 1.26. The summed E-state index contributed by atoms with van der Waals surface area (Å²) in [6, 6.07) is 8.88. The Bertz CT molecular complexity index is 1770. The molecule has 9 nitrogen and oxygen atoms in total. The number of alkyl halides is 4. The monoisotopic (exact) mass is 648 g/mol. The Hall–Kier alpha value is -4.80. The van der Waals surface area contributed by atoms with Gasteiger partial charge in [0.25, 0.3) is 5.91 Å². The molecule has 1 aliphatic heterocycles. The van der Waals surface area contributed by atoms with Crippen molar-refractivity contribution in [1.29, 1.82) is 0 Å². The molecule has 0 unspecified atom stereocenters. The van der Waals surface area contributed by atoms with Crippen molar-refractivity contribution in [3.63, 3.8) is 0 Å². The normalized spacial score (nSPS) is 14.0. The molecule has 0 radical (unpaired) electrons. The van der Waals surface area contributed by atoms with Crippen molar-refractivity contribution >= 4 is 23.2 Å². The van der Waals surface area contributed by atoms with Gasteiger partial charge in [0.1, 0.15) is 0 Å². The van der Waals surface area contributed by atoms with E-state index in [0.717, 1.165) is 30.4 Å². The summed E-state index contributed by atoms with van der Waals surface area (Å²) in [7, 11) is 1.99. The first-order valence-corrected chi connectivity index (χ1v) is 15.2. The number of carbonyl (C=O) groups excluding carboxylic acids is 1. The van der Waals surface area contributed by atoms with Gasteiger partial charge in [0.15, 0.2) is 0 Å². The van der Waals surface area contributed by atoms with Crippen LogP contribution < -0.4 is 10.6 Å². The van der Waals surface area contributed by atoms with Crippen LogP contribution >= 0.6 is 0 Å². The topological polar surface area (TPSA) is 91.2 Å². The molecule has 1 amide bonds. The van der Waals surface area contributed by atoms with Crippen LogP contribution in [-0.2, 0) is 19.3 Å². The molecule has 13 heteroatoms. The lowest BCUT2D eigenvalue weighted by Gasteiger charge is -2.33. The molecule has 0 atom stereocenters. The third-order valence-electron chi connectivity index (χ3n) is 8.01. The second kappa shape index (κ2) is 14.7. The highest BCUT2D eigenvalue weighted by Crippen LogP contribution is 2.35. The van der Waals surface area contributed by atoms with Crippen molar-refractivity contribution in [3.05, 3.63) is 94.1 Å². The van der Waals surface area contributed by atoms with Gasteiger partial charge >= 0.3 is 6.18 Å². The van der Waals surface area contributed by atoms with E-state index in [2.05, 4.69) is 42.4 Å². The maximum absolute atomic E-state index is 14.0. The number of piperazine rings is 1. The highest BCUT2D eigenvalue weighted by molar-refractivity contribution is 6.04. The quantitative estimate of drug-likeness (QED) is 0.175. The molecule has 2 aromatic carbocycles. The van der Waals surface area contributed by atoms with Crippen LogP contribution in [0.25, 0.3) is 0 Å². The minimum absolute atomic E-state index is 0.0609. The number of hydrogen-bond acceptors (Lipinski definition) is 7. The summed E-state index contributed by atoms with van der Waals surface area (Å²) in [6.07, 6.45) is 0.571. The number of rotatable bonds is 9. The van der Waals surface area contributed by atoms with Crippen LogP contribution in [0, 0.1) is 25.7 Å². The van der Waals surface area contributed by atoms with Crippen LogP contribution in [0.4, 0.5) is 34.9 Å². The molecule has 3 heterocycles. The smallest absolute Gasteiger partial charge is 0.322 e. The lowest BCUT2D eigenvalue weighted by Crippen LogP contribution is -2.44. The molecule has 0 bridgehead atoms. The minimum Gasteiger partial charge on any atom is -0.322 e. The largest absolute Gasteiger partial charge is 0.416 e. The molecule has 246 valence electrons. The van der Waals surface area contributed by atoms with E-state index in [1.807, 2.05) is 25.8 Å². The molecule has 2 N–H and O–H groups in total. The number of halogens is 4. The molecule has 1 fully saturated rings. The van der Waals surface area contributed by atoms with Gasteiger partial charge in [-0.15, -0.1) is 0 Å². The number of carbonyl (C=O) groups is 1. The van der Waals surface area contributed by atoms with E-state index in [9.17, 15) is 22.4 Å². The molecule has 0 spiro atoms. The van der Waals surface area contributed by atoms with Crippen LogP contribution in [0.1, 0.15) is 50.3 Å². The first-order chi connectivity index (χ1) is 22.5. The molecule has 0 saturated carbocycles. The Morgan fingerprint density at radius 3 is 2.43 bits per heavy atom. The average molecular weight is 649 g/mol. The molecule has 2 aromatic heterocycles. The van der Waals surface area contributed by atoms with Gasteiger partial charge in [-0.25, -0.2) is 9.97 Å². The summed E-state index contributed by atoms with van der Waals surface area (Å²) < 4.78 is 56.3. The number of nitrogens with zero attached hydrogens (tertiary/aromatic N) is 6. The van der Waals surface area contributed by atoms with Crippen LogP contribution in [0.3, 0.4) is 0 Å². The molecule has 4 aromatic rings. The van der Waals surface area contributed by atoms with Gasteiger partial charge in [0.2, 0.25) is 5.95 Å². The average Bonchev–Trinajstić information content (AvgIpc) is 3.39. The highest BCUT2D eigenvalue weighted by atomic mass is 19.4. The summed E-state index contributed by atoms with van der Waals surface area (Å²) >= 11 is 0. The summed E-state index contributed by atoms with van der Waals surface area (Å²) in [6.45, 7) is 6.96. The SMILES string of the molecule is Cc1ccc(C(=O)Nc2ccc(CN3CCN(C)CC3)c(C(F)(F)F)c2)cc1C#Cc1cnc(Nc2cnn(CCCF)c2C)nc1. The molecule has 1 saturated heterocycles. The van der Waals surface area contributed by atoms with E-state index in [-0.39, 0.29) is 23.4 Å². The predicted octanol–water partition coefficient (Wildman–Crippen LogP) is 5.81. The Morgan fingerprint density at radius 1 is 0.979 bits per heavy atom. The molecule has 47 heavy (non-hydrogen) atoms. The molecule has 0 aliphatic carbocycles. The lowest BCUT2D eigenvalue weighted by molar-refractivity contribution is -0.138. The minimum atomic E-state index is -4.56. The van der Waals surface area contributed by atoms with E-state index in [1.54, 1.807) is 41.5 Å². The molecular formula is C34H36F4N8O. The standard InChI is InChI=1S/C34H36F4N8O/c1-23-5-7-27(32(47)42-29-10-9-28(30(18-29)34(36,37)38)22-45-15-13-44(3)14-16-45)17-26(23)8-6-25-19-39-33(40-20-25)43-31-21-41-46(24(31)2)12-4-11-35/h5,7,9-10,17-21H,4,11-16,22H2,1-3H3,(H,42,47)(H,39,40,43). The van der Waals surface area contributed by atoms with Crippen LogP contribution in [0.2, 0.25) is 0 Å². The van der Waals surface area contributed by atoms with Crippen LogP contribution in [-0.4, -0.2) is 75.4 Å². The third kappa shape index (κ3) is 8.72. The fraction of sp³-hybridized carbons (Fsp3) is 0.353. The molecule has 1 aliphatic rings. The first-order valence-electron chi connectivity index (χ1n) is 15.2. The zero-order valence-electron chi connectivity index (χ0n) is 26.5. The molecule has 5 rings (SSSR count). The summed E-state index contributed by atoms with van der Waals surface area (Å²) in [5.41, 5.74) is 3.23. The first kappa shape index (κ1) is 33.6. The number of amides is 1. The van der Waals surface area contributed by atoms with E-state index < -0.39 is 24.3 Å². The number of anilines is 3. The third-order valence-corrected chi connectivity index (χ3v) is 8.01. The zero-order chi connectivity index (χ0) is 33.6. The molecular weight excluding hydrogens is 612 g/mol. The highest BCUT2D eigenvalue weighted by Gasteiger charge is 2.34. The summed E-state index contributed by atoms with van der Waals surface area (Å²) in [5.74, 6) is 5.83. The van der Waals surface area contributed by atoms with Crippen molar-refractivity contribution in [2.75, 3.05) is 50.5 Å². The number of nitrogens with one attached hydrogen (secondary N) is 2. The number of aromatic nitrogens is 4. The van der Waals surface area contributed by atoms with E-state index >= 15 is 0 Å². The fourth-order valence-electron chi connectivity index (χ4n) is 5.13. The van der Waals surface area contributed by atoms with Gasteiger partial charge in [-0.3, -0.25) is 18.8 Å².